The number of aromatic nitrogens is 1. The average Bonchev–Trinajstić information content (AvgIpc) is 3.10. The van der Waals surface area contributed by atoms with Crippen LogP contribution < -0.4 is 10.6 Å². The van der Waals surface area contributed by atoms with E-state index in [1.54, 1.807) is 19.1 Å². The molecule has 7 heteroatoms. The van der Waals surface area contributed by atoms with Gasteiger partial charge in [-0.15, -0.1) is 0 Å². The van der Waals surface area contributed by atoms with E-state index in [-0.39, 0.29) is 12.6 Å². The zero-order valence-corrected chi connectivity index (χ0v) is 13.0. The van der Waals surface area contributed by atoms with Gasteiger partial charge in [0.25, 0.3) is 0 Å². The number of aliphatic hydroxyl groups is 1. The Morgan fingerprint density at radius 2 is 2.18 bits per heavy atom. The number of furan rings is 1. The molecule has 22 heavy (non-hydrogen) atoms. The minimum absolute atomic E-state index is 0.0532. The van der Waals surface area contributed by atoms with E-state index in [0.29, 0.717) is 18.7 Å². The smallest absolute Gasteiger partial charge is 0.314 e. The highest BCUT2D eigenvalue weighted by molar-refractivity contribution is 5.73. The van der Waals surface area contributed by atoms with Crippen LogP contribution in [0, 0.1) is 13.8 Å². The first-order chi connectivity index (χ1) is 10.4. The Kier molecular flexibility index (Phi) is 4.87. The van der Waals surface area contributed by atoms with Gasteiger partial charge in [-0.1, -0.05) is 5.16 Å². The molecule has 0 spiro atoms. The number of hydrogen-bond donors (Lipinski definition) is 3. The zero-order chi connectivity index (χ0) is 16.2. The summed E-state index contributed by atoms with van der Waals surface area (Å²) in [5.74, 6) is 1.17. The van der Waals surface area contributed by atoms with Crippen molar-refractivity contribution >= 4 is 6.03 Å². The normalized spacial score (nSPS) is 13.6. The molecule has 3 N–H and O–H groups in total. The van der Waals surface area contributed by atoms with Crippen molar-refractivity contribution in [3.05, 3.63) is 41.2 Å². The highest BCUT2D eigenvalue weighted by atomic mass is 16.5. The van der Waals surface area contributed by atoms with Crippen molar-refractivity contribution < 1.29 is 18.8 Å². The molecule has 2 heterocycles. The van der Waals surface area contributed by atoms with Crippen molar-refractivity contribution in [2.45, 2.75) is 32.8 Å². The summed E-state index contributed by atoms with van der Waals surface area (Å²) in [4.78, 5) is 11.8. The molecule has 2 rings (SSSR count). The third-order valence-corrected chi connectivity index (χ3v) is 3.49. The summed E-state index contributed by atoms with van der Waals surface area (Å²) in [7, 11) is 0. The maximum atomic E-state index is 11.8. The molecule has 0 saturated heterocycles. The largest absolute Gasteiger partial charge is 0.466 e. The Morgan fingerprint density at radius 3 is 2.77 bits per heavy atom. The summed E-state index contributed by atoms with van der Waals surface area (Å²) < 4.78 is 10.2. The summed E-state index contributed by atoms with van der Waals surface area (Å²) in [6.07, 6.45) is 2.12. The second-order valence-corrected chi connectivity index (χ2v) is 5.41. The molecule has 0 aliphatic carbocycles. The fourth-order valence-corrected chi connectivity index (χ4v) is 2.15. The molecule has 0 fully saturated rings. The molecule has 0 aliphatic heterocycles. The topological polar surface area (TPSA) is 101 Å². The van der Waals surface area contributed by atoms with Crippen molar-refractivity contribution in [2.75, 3.05) is 13.1 Å². The second kappa shape index (κ2) is 6.65. The lowest BCUT2D eigenvalue weighted by Gasteiger charge is -2.21. The van der Waals surface area contributed by atoms with Gasteiger partial charge in [-0.2, -0.15) is 0 Å². The van der Waals surface area contributed by atoms with E-state index in [1.807, 2.05) is 13.8 Å². The van der Waals surface area contributed by atoms with Crippen molar-refractivity contribution in [1.82, 2.24) is 15.8 Å². The van der Waals surface area contributed by atoms with Crippen LogP contribution >= 0.6 is 0 Å². The van der Waals surface area contributed by atoms with Crippen LogP contribution in [0.4, 0.5) is 4.79 Å². The number of urea groups is 1. The molecular weight excluding hydrogens is 286 g/mol. The number of nitrogens with zero attached hydrogens (tertiary/aromatic N) is 1. The first kappa shape index (κ1) is 16.1. The zero-order valence-electron chi connectivity index (χ0n) is 13.0. The summed E-state index contributed by atoms with van der Waals surface area (Å²) in [6.45, 7) is 5.80. The first-order valence-corrected chi connectivity index (χ1v) is 7.10. The maximum Gasteiger partial charge on any atom is 0.314 e. The molecule has 7 nitrogen and oxygen atoms in total. The molecule has 1 unspecified atom stereocenters. The summed E-state index contributed by atoms with van der Waals surface area (Å²) >= 11 is 0. The van der Waals surface area contributed by atoms with Crippen LogP contribution in [0.3, 0.4) is 0 Å². The lowest BCUT2D eigenvalue weighted by molar-refractivity contribution is 0.0367. The van der Waals surface area contributed by atoms with E-state index in [4.69, 9.17) is 8.94 Å². The standard InChI is InChI=1S/C15H21N3O4/c1-10-12(11(2)22-18-10)6-7-16-14(19)17-9-15(3,20)13-5-4-8-21-13/h4-5,8,20H,6-7,9H2,1-3H3,(H2,16,17,19). The van der Waals surface area contributed by atoms with Gasteiger partial charge in [0.15, 0.2) is 0 Å². The predicted molar refractivity (Wildman–Crippen MR) is 79.4 cm³/mol. The van der Waals surface area contributed by atoms with Crippen LogP contribution in [0.25, 0.3) is 0 Å². The second-order valence-electron chi connectivity index (χ2n) is 5.41. The molecule has 0 aromatic carbocycles. The Morgan fingerprint density at radius 1 is 1.41 bits per heavy atom. The monoisotopic (exact) mass is 307 g/mol. The number of hydrogen-bond acceptors (Lipinski definition) is 5. The number of carbonyl (C=O) groups excluding carboxylic acids is 1. The van der Waals surface area contributed by atoms with E-state index >= 15 is 0 Å². The van der Waals surface area contributed by atoms with E-state index in [0.717, 1.165) is 17.0 Å². The van der Waals surface area contributed by atoms with Crippen LogP contribution in [0.1, 0.15) is 29.7 Å². The molecule has 2 aromatic heterocycles. The highest BCUT2D eigenvalue weighted by Gasteiger charge is 2.26. The average molecular weight is 307 g/mol. The van der Waals surface area contributed by atoms with E-state index in [9.17, 15) is 9.90 Å². The van der Waals surface area contributed by atoms with E-state index in [1.165, 1.54) is 6.26 Å². The number of rotatable bonds is 6. The Hall–Kier alpha value is -2.28. The van der Waals surface area contributed by atoms with Gasteiger partial charge in [0, 0.05) is 12.1 Å². The SMILES string of the molecule is Cc1noc(C)c1CCNC(=O)NCC(C)(O)c1ccco1. The fourth-order valence-electron chi connectivity index (χ4n) is 2.15. The van der Waals surface area contributed by atoms with Crippen LogP contribution in [0.15, 0.2) is 27.3 Å². The third-order valence-electron chi connectivity index (χ3n) is 3.49. The molecule has 0 bridgehead atoms. The molecule has 1 atom stereocenters. The maximum absolute atomic E-state index is 11.8. The number of nitrogens with one attached hydrogen (secondary N) is 2. The molecule has 2 amide bonds. The van der Waals surface area contributed by atoms with Crippen LogP contribution in [0.2, 0.25) is 0 Å². The van der Waals surface area contributed by atoms with Gasteiger partial charge in [0.1, 0.15) is 17.1 Å². The van der Waals surface area contributed by atoms with E-state index in [2.05, 4.69) is 15.8 Å². The minimum Gasteiger partial charge on any atom is -0.466 e. The fraction of sp³-hybridized carbons (Fsp3) is 0.467. The Labute approximate surface area is 128 Å². The third kappa shape index (κ3) is 3.88. The Balaban J connectivity index is 1.75. The molecule has 0 aliphatic rings. The van der Waals surface area contributed by atoms with Crippen molar-refractivity contribution in [1.29, 1.82) is 0 Å². The van der Waals surface area contributed by atoms with Crippen LogP contribution in [-0.2, 0) is 12.0 Å². The predicted octanol–water partition coefficient (Wildman–Crippen LogP) is 1.63. The lowest BCUT2D eigenvalue weighted by atomic mass is 10.0. The van der Waals surface area contributed by atoms with Crippen molar-refractivity contribution in [3.8, 4) is 0 Å². The first-order valence-electron chi connectivity index (χ1n) is 7.10. The van der Waals surface area contributed by atoms with Gasteiger partial charge in [-0.25, -0.2) is 4.79 Å². The van der Waals surface area contributed by atoms with Gasteiger partial charge < -0.3 is 24.7 Å². The number of carbonyl (C=O) groups is 1. The van der Waals surface area contributed by atoms with Gasteiger partial charge >= 0.3 is 6.03 Å². The number of aryl methyl sites for hydroxylation is 2. The van der Waals surface area contributed by atoms with Crippen molar-refractivity contribution in [3.63, 3.8) is 0 Å². The molecular formula is C15H21N3O4. The lowest BCUT2D eigenvalue weighted by Crippen LogP contribution is -2.43. The van der Waals surface area contributed by atoms with Gasteiger partial charge in [-0.3, -0.25) is 0 Å². The molecule has 120 valence electrons. The quantitative estimate of drug-likeness (QED) is 0.753. The summed E-state index contributed by atoms with van der Waals surface area (Å²) in [5, 5.41) is 19.4. The number of amides is 2. The minimum atomic E-state index is -1.25. The molecule has 0 saturated carbocycles. The van der Waals surface area contributed by atoms with Crippen molar-refractivity contribution in [2.24, 2.45) is 0 Å². The van der Waals surface area contributed by atoms with Crippen LogP contribution in [0.5, 0.6) is 0 Å². The molecule has 2 aromatic rings. The molecule has 0 radical (unpaired) electrons. The van der Waals surface area contributed by atoms with Crippen LogP contribution in [-0.4, -0.2) is 29.4 Å². The van der Waals surface area contributed by atoms with Gasteiger partial charge in [0.2, 0.25) is 0 Å². The van der Waals surface area contributed by atoms with Gasteiger partial charge in [-0.05, 0) is 39.3 Å². The van der Waals surface area contributed by atoms with Gasteiger partial charge in [0.05, 0.1) is 18.5 Å². The Bertz CT molecular complexity index is 597. The summed E-state index contributed by atoms with van der Waals surface area (Å²) in [5.41, 5.74) is 0.589. The van der Waals surface area contributed by atoms with E-state index < -0.39 is 5.60 Å². The summed E-state index contributed by atoms with van der Waals surface area (Å²) in [6, 6.07) is 3.00. The highest BCUT2D eigenvalue weighted by Crippen LogP contribution is 2.19.